The van der Waals surface area contributed by atoms with Crippen LogP contribution in [0.1, 0.15) is 44.4 Å². The molecule has 1 saturated heterocycles. The van der Waals surface area contributed by atoms with Gasteiger partial charge in [0.05, 0.1) is 5.69 Å². The lowest BCUT2D eigenvalue weighted by molar-refractivity contribution is -0.0904. The molecule has 2 aromatic rings. The molecule has 11 nitrogen and oxygen atoms in total. The van der Waals surface area contributed by atoms with Gasteiger partial charge in [0.1, 0.15) is 48.9 Å². The molecule has 4 rings (SSSR count). The molecule has 2 aliphatic rings. The number of carbonyl (C=O) groups is 1. The number of hydrogen-bond acceptors (Lipinski definition) is 10. The molecule has 0 radical (unpaired) electrons. The summed E-state index contributed by atoms with van der Waals surface area (Å²) in [5, 5.41) is 35.0. The molecule has 2 fully saturated rings. The number of aromatic nitrogens is 3. The number of nitrogens with two attached hydrogens (primary N) is 1. The fourth-order valence-corrected chi connectivity index (χ4v) is 4.16. The number of nitriles is 1. The van der Waals surface area contributed by atoms with Gasteiger partial charge < -0.3 is 30.2 Å². The van der Waals surface area contributed by atoms with Gasteiger partial charge in [-0.2, -0.15) is 10.4 Å². The van der Waals surface area contributed by atoms with E-state index in [1.165, 1.54) is 10.8 Å². The highest BCUT2D eigenvalue weighted by atomic mass is 16.7. The first kappa shape index (κ1) is 21.3. The summed E-state index contributed by atoms with van der Waals surface area (Å²) in [7, 11) is 0. The summed E-state index contributed by atoms with van der Waals surface area (Å²) >= 11 is 0. The molecule has 0 spiro atoms. The van der Waals surface area contributed by atoms with Crippen LogP contribution in [0.4, 0.5) is 10.6 Å². The van der Waals surface area contributed by atoms with E-state index in [4.69, 9.17) is 19.9 Å². The molecule has 1 aliphatic carbocycles. The Bertz CT molecular complexity index is 998. The van der Waals surface area contributed by atoms with Gasteiger partial charge in [-0.05, 0) is 43.7 Å². The van der Waals surface area contributed by atoms with Crippen molar-refractivity contribution in [3.8, 4) is 6.07 Å². The first-order chi connectivity index (χ1) is 14.8. The van der Waals surface area contributed by atoms with E-state index in [1.807, 2.05) is 6.07 Å². The first-order valence-electron chi connectivity index (χ1n) is 10.2. The second-order valence-corrected chi connectivity index (χ2v) is 8.21. The minimum absolute atomic E-state index is 0.226. The van der Waals surface area contributed by atoms with E-state index < -0.39 is 36.7 Å². The molecule has 0 aromatic carbocycles. The lowest BCUT2D eigenvalue weighted by Crippen LogP contribution is -2.46. The van der Waals surface area contributed by atoms with E-state index in [0.717, 1.165) is 25.7 Å². The van der Waals surface area contributed by atoms with Crippen LogP contribution >= 0.6 is 0 Å². The molecular formula is C20H25N5O6. The summed E-state index contributed by atoms with van der Waals surface area (Å²) in [4.78, 5) is 16.0. The van der Waals surface area contributed by atoms with Crippen LogP contribution in [0.2, 0.25) is 0 Å². The van der Waals surface area contributed by atoms with Crippen molar-refractivity contribution in [3.63, 3.8) is 0 Å². The summed E-state index contributed by atoms with van der Waals surface area (Å²) in [5.74, 6) is 0.827. The zero-order chi connectivity index (χ0) is 22.2. The Morgan fingerprint density at radius 3 is 2.84 bits per heavy atom. The molecule has 1 aliphatic heterocycles. The number of nitrogens with zero attached hydrogens (tertiary/aromatic N) is 4. The maximum Gasteiger partial charge on any atom is 0.508 e. The Labute approximate surface area is 178 Å². The van der Waals surface area contributed by atoms with Gasteiger partial charge in [0.15, 0.2) is 5.82 Å². The topological polar surface area (TPSA) is 165 Å². The molecular weight excluding hydrogens is 406 g/mol. The third-order valence-electron chi connectivity index (χ3n) is 6.07. The molecule has 0 unspecified atom stereocenters. The van der Waals surface area contributed by atoms with Gasteiger partial charge >= 0.3 is 6.16 Å². The van der Waals surface area contributed by atoms with Crippen LogP contribution in [0.15, 0.2) is 18.5 Å². The maximum atomic E-state index is 12.1. The van der Waals surface area contributed by atoms with Gasteiger partial charge in [-0.15, -0.1) is 0 Å². The SMILES string of the molecule is C[C@H]1CC[C@H](OC(=O)OC[C@@]2(C#N)O[C@@H](c3ccc4c(N)ncnn34)[C@H](O)[C@@H]2O)CC1. The Kier molecular flexibility index (Phi) is 5.70. The number of aliphatic hydroxyl groups excluding tert-OH is 2. The molecule has 0 amide bonds. The molecule has 3 heterocycles. The third kappa shape index (κ3) is 3.89. The molecule has 166 valence electrons. The quantitative estimate of drug-likeness (QED) is 0.597. The van der Waals surface area contributed by atoms with Crippen LogP contribution < -0.4 is 5.73 Å². The number of fused-ring (bicyclic) bond motifs is 1. The van der Waals surface area contributed by atoms with Crippen molar-refractivity contribution in [3.05, 3.63) is 24.2 Å². The van der Waals surface area contributed by atoms with E-state index >= 15 is 0 Å². The standard InChI is InChI=1S/C20H25N5O6/c1-11-2-4-12(5-3-11)30-19(28)29-9-20(8-21)17(27)15(26)16(31-20)13-6-7-14-18(22)23-10-24-25(13)14/h6-7,10-12,15-17,26-27H,2-5,9H2,1H3,(H2,22,23,24)/t11-,12-,15-,16-,17-,20+/m0/s1. The Morgan fingerprint density at radius 2 is 2.13 bits per heavy atom. The Hall–Kier alpha value is -2.94. The summed E-state index contributed by atoms with van der Waals surface area (Å²) in [6.45, 7) is 1.56. The minimum Gasteiger partial charge on any atom is -0.431 e. The van der Waals surface area contributed by atoms with Crippen molar-refractivity contribution in [1.29, 1.82) is 5.26 Å². The van der Waals surface area contributed by atoms with Gasteiger partial charge in [-0.3, -0.25) is 0 Å². The fourth-order valence-electron chi connectivity index (χ4n) is 4.16. The normalized spacial score (nSPS) is 33.2. The highest BCUT2D eigenvalue weighted by Crippen LogP contribution is 2.40. The molecule has 11 heteroatoms. The summed E-state index contributed by atoms with van der Waals surface area (Å²) < 4.78 is 17.6. The van der Waals surface area contributed by atoms with Gasteiger partial charge in [-0.1, -0.05) is 6.92 Å². The van der Waals surface area contributed by atoms with E-state index in [1.54, 1.807) is 12.1 Å². The summed E-state index contributed by atoms with van der Waals surface area (Å²) in [5.41, 5.74) is 4.71. The van der Waals surface area contributed by atoms with E-state index in [9.17, 15) is 20.3 Å². The average Bonchev–Trinajstić information content (AvgIpc) is 3.30. The summed E-state index contributed by atoms with van der Waals surface area (Å²) in [6, 6.07) is 5.08. The monoisotopic (exact) mass is 431 g/mol. The number of anilines is 1. The minimum atomic E-state index is -1.97. The molecule has 1 saturated carbocycles. The smallest absolute Gasteiger partial charge is 0.431 e. The predicted octanol–water partition coefficient (Wildman–Crippen LogP) is 1.10. The molecule has 4 N–H and O–H groups in total. The third-order valence-corrected chi connectivity index (χ3v) is 6.07. The molecule has 4 atom stereocenters. The van der Waals surface area contributed by atoms with Crippen LogP contribution in [0.25, 0.3) is 5.52 Å². The van der Waals surface area contributed by atoms with Crippen LogP contribution in [-0.2, 0) is 14.2 Å². The molecule has 2 aromatic heterocycles. The van der Waals surface area contributed by atoms with Gasteiger partial charge in [0, 0.05) is 0 Å². The molecule has 0 bridgehead atoms. The van der Waals surface area contributed by atoms with Crippen molar-refractivity contribution in [2.75, 3.05) is 12.3 Å². The van der Waals surface area contributed by atoms with Crippen molar-refractivity contribution in [2.24, 2.45) is 5.92 Å². The first-order valence-corrected chi connectivity index (χ1v) is 10.2. The molecule has 31 heavy (non-hydrogen) atoms. The highest BCUT2D eigenvalue weighted by molar-refractivity contribution is 5.65. The number of rotatable bonds is 4. The van der Waals surface area contributed by atoms with Crippen LogP contribution in [-0.4, -0.2) is 61.5 Å². The van der Waals surface area contributed by atoms with Gasteiger partial charge in [0.2, 0.25) is 5.60 Å². The number of nitrogen functional groups attached to an aromatic ring is 1. The zero-order valence-electron chi connectivity index (χ0n) is 17.0. The lowest BCUT2D eigenvalue weighted by Gasteiger charge is -2.27. The van der Waals surface area contributed by atoms with Crippen molar-refractivity contribution in [2.45, 2.75) is 62.6 Å². The summed E-state index contributed by atoms with van der Waals surface area (Å²) in [6.07, 6.45) is -0.674. The van der Waals surface area contributed by atoms with Gasteiger partial charge in [-0.25, -0.2) is 14.3 Å². The zero-order valence-corrected chi connectivity index (χ0v) is 17.0. The van der Waals surface area contributed by atoms with E-state index in [2.05, 4.69) is 17.0 Å². The largest absolute Gasteiger partial charge is 0.508 e. The lowest BCUT2D eigenvalue weighted by atomic mass is 9.89. The van der Waals surface area contributed by atoms with Crippen molar-refractivity contribution in [1.82, 2.24) is 14.6 Å². The Morgan fingerprint density at radius 1 is 1.39 bits per heavy atom. The number of aliphatic hydroxyl groups is 2. The number of carbonyl (C=O) groups excluding carboxylic acids is 1. The maximum absolute atomic E-state index is 12.1. The van der Waals surface area contributed by atoms with Crippen LogP contribution in [0.3, 0.4) is 0 Å². The van der Waals surface area contributed by atoms with Crippen molar-refractivity contribution >= 4 is 17.5 Å². The average molecular weight is 431 g/mol. The van der Waals surface area contributed by atoms with E-state index in [-0.39, 0.29) is 11.9 Å². The van der Waals surface area contributed by atoms with Crippen LogP contribution in [0.5, 0.6) is 0 Å². The number of hydrogen-bond donors (Lipinski definition) is 3. The predicted molar refractivity (Wildman–Crippen MR) is 105 cm³/mol. The van der Waals surface area contributed by atoms with E-state index in [0.29, 0.717) is 17.1 Å². The number of ether oxygens (including phenoxy) is 3. The van der Waals surface area contributed by atoms with Gasteiger partial charge in [0.25, 0.3) is 0 Å². The second kappa shape index (κ2) is 8.30. The fraction of sp³-hybridized carbons (Fsp3) is 0.600. The second-order valence-electron chi connectivity index (χ2n) is 8.21. The Balaban J connectivity index is 1.46. The highest BCUT2D eigenvalue weighted by Gasteiger charge is 2.57. The van der Waals surface area contributed by atoms with Crippen LogP contribution in [0, 0.1) is 17.2 Å². The van der Waals surface area contributed by atoms with Crippen molar-refractivity contribution < 1.29 is 29.2 Å².